The number of nitrogens with one attached hydrogen (secondary N) is 1. The van der Waals surface area contributed by atoms with E-state index in [1.54, 1.807) is 6.07 Å². The second-order valence-electron chi connectivity index (χ2n) is 7.40. The molecule has 1 aliphatic heterocycles. The van der Waals surface area contributed by atoms with E-state index < -0.39 is 0 Å². The number of halogens is 1. The third-order valence-corrected chi connectivity index (χ3v) is 5.56. The SMILES string of the molecule is CCC1CN(C(=O)C2CC2)CCC1NCc1cc2cc(F)ccc2o1. The van der Waals surface area contributed by atoms with Gasteiger partial charge in [-0.05, 0) is 49.4 Å². The molecule has 1 saturated carbocycles. The first kappa shape index (κ1) is 16.6. The lowest BCUT2D eigenvalue weighted by Gasteiger charge is -2.39. The fourth-order valence-corrected chi connectivity index (χ4v) is 3.89. The molecule has 1 saturated heterocycles. The first-order valence-electron chi connectivity index (χ1n) is 9.34. The number of fused-ring (bicyclic) bond motifs is 1. The van der Waals surface area contributed by atoms with Crippen LogP contribution in [-0.4, -0.2) is 29.9 Å². The van der Waals surface area contributed by atoms with Gasteiger partial charge in [-0.25, -0.2) is 4.39 Å². The zero-order valence-corrected chi connectivity index (χ0v) is 14.6. The van der Waals surface area contributed by atoms with Crippen molar-refractivity contribution in [3.8, 4) is 0 Å². The molecule has 5 heteroatoms. The van der Waals surface area contributed by atoms with Crippen LogP contribution in [0.25, 0.3) is 11.0 Å². The van der Waals surface area contributed by atoms with Gasteiger partial charge in [0.15, 0.2) is 0 Å². The summed E-state index contributed by atoms with van der Waals surface area (Å²) in [6, 6.07) is 6.88. The molecule has 1 aromatic heterocycles. The number of furan rings is 1. The number of rotatable bonds is 5. The summed E-state index contributed by atoms with van der Waals surface area (Å²) in [6.07, 6.45) is 4.17. The van der Waals surface area contributed by atoms with Crippen molar-refractivity contribution < 1.29 is 13.6 Å². The number of hydrogen-bond acceptors (Lipinski definition) is 3. The molecule has 2 atom stereocenters. The summed E-state index contributed by atoms with van der Waals surface area (Å²) in [5.41, 5.74) is 0.718. The van der Waals surface area contributed by atoms with Crippen molar-refractivity contribution in [1.29, 1.82) is 0 Å². The molecular formula is C20H25FN2O2. The van der Waals surface area contributed by atoms with E-state index in [2.05, 4.69) is 17.1 Å². The Hall–Kier alpha value is -1.88. The Morgan fingerprint density at radius 2 is 2.16 bits per heavy atom. The molecule has 2 heterocycles. The Labute approximate surface area is 147 Å². The van der Waals surface area contributed by atoms with E-state index in [1.807, 2.05) is 6.07 Å². The highest BCUT2D eigenvalue weighted by molar-refractivity contribution is 5.81. The van der Waals surface area contributed by atoms with Crippen molar-refractivity contribution in [3.05, 3.63) is 35.8 Å². The van der Waals surface area contributed by atoms with E-state index in [-0.39, 0.29) is 5.82 Å². The van der Waals surface area contributed by atoms with Gasteiger partial charge in [0.25, 0.3) is 0 Å². The second-order valence-corrected chi connectivity index (χ2v) is 7.40. The van der Waals surface area contributed by atoms with E-state index >= 15 is 0 Å². The van der Waals surface area contributed by atoms with Gasteiger partial charge in [-0.3, -0.25) is 4.79 Å². The van der Waals surface area contributed by atoms with Crippen molar-refractivity contribution in [1.82, 2.24) is 10.2 Å². The quantitative estimate of drug-likeness (QED) is 0.900. The number of nitrogens with zero attached hydrogens (tertiary/aromatic N) is 1. The first-order chi connectivity index (χ1) is 12.1. The lowest BCUT2D eigenvalue weighted by Crippen LogP contribution is -2.51. The third kappa shape index (κ3) is 3.56. The minimum Gasteiger partial charge on any atom is -0.460 e. The van der Waals surface area contributed by atoms with Gasteiger partial charge < -0.3 is 14.6 Å². The minimum atomic E-state index is -0.244. The van der Waals surface area contributed by atoms with Gasteiger partial charge in [0.2, 0.25) is 5.91 Å². The minimum absolute atomic E-state index is 0.244. The molecule has 0 spiro atoms. The fraction of sp³-hybridized carbons (Fsp3) is 0.550. The van der Waals surface area contributed by atoms with Crippen molar-refractivity contribution in [2.75, 3.05) is 13.1 Å². The molecular weight excluding hydrogens is 319 g/mol. The first-order valence-corrected chi connectivity index (χ1v) is 9.34. The fourth-order valence-electron chi connectivity index (χ4n) is 3.89. The Kier molecular flexibility index (Phi) is 4.50. The molecule has 4 rings (SSSR count). The van der Waals surface area contributed by atoms with Gasteiger partial charge in [0, 0.05) is 30.4 Å². The van der Waals surface area contributed by atoms with Crippen LogP contribution >= 0.6 is 0 Å². The molecule has 134 valence electrons. The largest absolute Gasteiger partial charge is 0.460 e. The Morgan fingerprint density at radius 3 is 2.92 bits per heavy atom. The number of carbonyl (C=O) groups excluding carboxylic acids is 1. The zero-order valence-electron chi connectivity index (χ0n) is 14.6. The lowest BCUT2D eigenvalue weighted by molar-refractivity contribution is -0.134. The summed E-state index contributed by atoms with van der Waals surface area (Å²) < 4.78 is 19.1. The van der Waals surface area contributed by atoms with Gasteiger partial charge in [-0.1, -0.05) is 13.3 Å². The highest BCUT2D eigenvalue weighted by Crippen LogP contribution is 2.33. The average Bonchev–Trinajstić information content (AvgIpc) is 3.39. The Balaban J connectivity index is 1.37. The molecule has 0 bridgehead atoms. The van der Waals surface area contributed by atoms with E-state index in [1.165, 1.54) is 12.1 Å². The molecule has 1 aromatic carbocycles. The van der Waals surface area contributed by atoms with Gasteiger partial charge >= 0.3 is 0 Å². The number of likely N-dealkylation sites (tertiary alicyclic amines) is 1. The van der Waals surface area contributed by atoms with E-state index in [9.17, 15) is 9.18 Å². The number of hydrogen-bond donors (Lipinski definition) is 1. The lowest BCUT2D eigenvalue weighted by atomic mass is 9.89. The van der Waals surface area contributed by atoms with E-state index in [0.29, 0.717) is 30.3 Å². The van der Waals surface area contributed by atoms with Crippen LogP contribution < -0.4 is 5.32 Å². The Bertz CT molecular complexity index is 768. The summed E-state index contributed by atoms with van der Waals surface area (Å²) in [5.74, 6) is 1.71. The maximum Gasteiger partial charge on any atom is 0.225 e. The van der Waals surface area contributed by atoms with Crippen LogP contribution in [0.4, 0.5) is 4.39 Å². The molecule has 4 nitrogen and oxygen atoms in total. The molecule has 25 heavy (non-hydrogen) atoms. The highest BCUT2D eigenvalue weighted by atomic mass is 19.1. The normalized spacial score (nSPS) is 24.0. The topological polar surface area (TPSA) is 45.5 Å². The second kappa shape index (κ2) is 6.79. The van der Waals surface area contributed by atoms with Crippen molar-refractivity contribution in [3.63, 3.8) is 0 Å². The summed E-state index contributed by atoms with van der Waals surface area (Å²) in [4.78, 5) is 14.4. The van der Waals surface area contributed by atoms with Gasteiger partial charge in [-0.15, -0.1) is 0 Å². The predicted molar refractivity (Wildman–Crippen MR) is 94.5 cm³/mol. The molecule has 2 aliphatic rings. The van der Waals surface area contributed by atoms with Crippen molar-refractivity contribution in [2.45, 2.75) is 45.2 Å². The van der Waals surface area contributed by atoms with E-state index in [0.717, 1.165) is 55.5 Å². The van der Waals surface area contributed by atoms with Gasteiger partial charge in [0.05, 0.1) is 6.54 Å². The van der Waals surface area contributed by atoms with Crippen molar-refractivity contribution >= 4 is 16.9 Å². The Morgan fingerprint density at radius 1 is 1.32 bits per heavy atom. The van der Waals surface area contributed by atoms with Crippen LogP contribution in [0.2, 0.25) is 0 Å². The van der Waals surface area contributed by atoms with Crippen LogP contribution in [0, 0.1) is 17.7 Å². The summed E-state index contributed by atoms with van der Waals surface area (Å²) in [7, 11) is 0. The number of carbonyl (C=O) groups is 1. The molecule has 1 aliphatic carbocycles. The van der Waals surface area contributed by atoms with Crippen LogP contribution in [0.3, 0.4) is 0 Å². The third-order valence-electron chi connectivity index (χ3n) is 5.56. The maximum absolute atomic E-state index is 13.3. The molecule has 0 radical (unpaired) electrons. The number of benzene rings is 1. The van der Waals surface area contributed by atoms with Crippen molar-refractivity contribution in [2.24, 2.45) is 11.8 Å². The van der Waals surface area contributed by atoms with Crippen LogP contribution in [0.15, 0.2) is 28.7 Å². The molecule has 1 amide bonds. The molecule has 1 N–H and O–H groups in total. The average molecular weight is 344 g/mol. The van der Waals surface area contributed by atoms with E-state index in [4.69, 9.17) is 4.42 Å². The summed E-state index contributed by atoms with van der Waals surface area (Å²) in [5, 5.41) is 4.39. The highest BCUT2D eigenvalue weighted by Gasteiger charge is 2.37. The van der Waals surface area contributed by atoms with Crippen LogP contribution in [0.5, 0.6) is 0 Å². The van der Waals surface area contributed by atoms with Crippen LogP contribution in [-0.2, 0) is 11.3 Å². The standard InChI is InChI=1S/C20H25FN2O2/c1-2-13-12-23(20(24)14-3-4-14)8-7-18(13)22-11-17-10-15-9-16(21)5-6-19(15)25-17/h5-6,9-10,13-14,18,22H,2-4,7-8,11-12H2,1H3. The molecule has 2 fully saturated rings. The summed E-state index contributed by atoms with van der Waals surface area (Å²) >= 11 is 0. The monoisotopic (exact) mass is 344 g/mol. The predicted octanol–water partition coefficient (Wildman–Crippen LogP) is 3.70. The number of amides is 1. The molecule has 2 unspecified atom stereocenters. The number of piperidine rings is 1. The summed E-state index contributed by atoms with van der Waals surface area (Å²) in [6.45, 7) is 4.52. The van der Waals surface area contributed by atoms with Gasteiger partial charge in [0.1, 0.15) is 17.2 Å². The zero-order chi connectivity index (χ0) is 17.4. The maximum atomic E-state index is 13.3. The molecule has 2 aromatic rings. The van der Waals surface area contributed by atoms with Gasteiger partial charge in [-0.2, -0.15) is 0 Å². The van der Waals surface area contributed by atoms with Crippen LogP contribution in [0.1, 0.15) is 38.4 Å². The smallest absolute Gasteiger partial charge is 0.225 e.